The number of fused-ring (bicyclic) bond motifs is 1. The van der Waals surface area contributed by atoms with Gasteiger partial charge in [-0.25, -0.2) is 4.39 Å². The molecule has 3 N–H and O–H groups in total. The van der Waals surface area contributed by atoms with Crippen LogP contribution in [0.1, 0.15) is 11.6 Å². The summed E-state index contributed by atoms with van der Waals surface area (Å²) >= 11 is 5.70. The highest BCUT2D eigenvalue weighted by atomic mass is 35.5. The number of halogens is 2. The summed E-state index contributed by atoms with van der Waals surface area (Å²) in [5.41, 5.74) is 6.32. The number of hydrogen-bond acceptors (Lipinski definition) is 2. The van der Waals surface area contributed by atoms with E-state index >= 15 is 0 Å². The Bertz CT molecular complexity index is 394. The Balaban J connectivity index is 2.63. The highest BCUT2D eigenvalue weighted by Gasteiger charge is 2.29. The van der Waals surface area contributed by atoms with Crippen LogP contribution in [-0.4, -0.2) is 5.91 Å². The van der Waals surface area contributed by atoms with Crippen LogP contribution >= 0.6 is 11.6 Å². The summed E-state index contributed by atoms with van der Waals surface area (Å²) < 4.78 is 12.8. The molecule has 1 aliphatic heterocycles. The van der Waals surface area contributed by atoms with E-state index in [0.29, 0.717) is 11.3 Å². The van der Waals surface area contributed by atoms with Crippen molar-refractivity contribution in [1.29, 1.82) is 0 Å². The Labute approximate surface area is 78.7 Å². The van der Waals surface area contributed by atoms with Gasteiger partial charge in [0.05, 0.1) is 10.7 Å². The molecule has 0 saturated heterocycles. The molecular formula is C8H6ClFN2O. The Hall–Kier alpha value is -1.13. The predicted molar refractivity (Wildman–Crippen MR) is 47.0 cm³/mol. The molecule has 3 nitrogen and oxygen atoms in total. The predicted octanol–water partition coefficient (Wildman–Crippen LogP) is 1.43. The quantitative estimate of drug-likeness (QED) is 0.666. The largest absolute Gasteiger partial charge is 0.323 e. The van der Waals surface area contributed by atoms with E-state index < -0.39 is 11.9 Å². The Morgan fingerprint density at radius 1 is 1.54 bits per heavy atom. The van der Waals surface area contributed by atoms with Crippen LogP contribution in [0.15, 0.2) is 12.1 Å². The fraction of sp³-hybridized carbons (Fsp3) is 0.125. The van der Waals surface area contributed by atoms with Crippen molar-refractivity contribution in [2.24, 2.45) is 5.73 Å². The van der Waals surface area contributed by atoms with Crippen molar-refractivity contribution in [3.05, 3.63) is 28.5 Å². The number of amides is 1. The molecule has 1 amide bonds. The molecule has 68 valence electrons. The van der Waals surface area contributed by atoms with Gasteiger partial charge < -0.3 is 11.1 Å². The van der Waals surface area contributed by atoms with Crippen molar-refractivity contribution in [3.8, 4) is 0 Å². The summed E-state index contributed by atoms with van der Waals surface area (Å²) in [6, 6.07) is 1.53. The summed E-state index contributed by atoms with van der Waals surface area (Å²) in [7, 11) is 0. The molecule has 5 heteroatoms. The lowest BCUT2D eigenvalue weighted by Crippen LogP contribution is -2.19. The van der Waals surface area contributed by atoms with Crippen LogP contribution in [0.5, 0.6) is 0 Å². The molecule has 0 aliphatic carbocycles. The second-order valence-corrected chi connectivity index (χ2v) is 3.23. The third-order valence-electron chi connectivity index (χ3n) is 1.95. The molecule has 1 aromatic rings. The summed E-state index contributed by atoms with van der Waals surface area (Å²) in [6.45, 7) is 0. The number of carbonyl (C=O) groups is 1. The van der Waals surface area contributed by atoms with E-state index in [-0.39, 0.29) is 10.9 Å². The summed E-state index contributed by atoms with van der Waals surface area (Å²) in [5, 5.41) is 2.66. The topological polar surface area (TPSA) is 55.1 Å². The lowest BCUT2D eigenvalue weighted by molar-refractivity contribution is -0.116. The Morgan fingerprint density at radius 2 is 2.23 bits per heavy atom. The van der Waals surface area contributed by atoms with Crippen molar-refractivity contribution < 1.29 is 9.18 Å². The molecule has 1 unspecified atom stereocenters. The molecule has 0 radical (unpaired) electrons. The zero-order chi connectivity index (χ0) is 9.59. The number of nitrogens with one attached hydrogen (secondary N) is 1. The van der Waals surface area contributed by atoms with Crippen LogP contribution in [0.2, 0.25) is 5.02 Å². The van der Waals surface area contributed by atoms with E-state index in [1.54, 1.807) is 0 Å². The molecule has 0 aromatic heterocycles. The zero-order valence-electron chi connectivity index (χ0n) is 6.47. The highest BCUT2D eigenvalue weighted by molar-refractivity contribution is 6.34. The first-order chi connectivity index (χ1) is 6.09. The van der Waals surface area contributed by atoms with Crippen LogP contribution < -0.4 is 11.1 Å². The SMILES string of the molecule is NC1C(=O)Nc2c(Cl)cc(F)cc21. The van der Waals surface area contributed by atoms with Crippen LogP contribution in [0.25, 0.3) is 0 Å². The smallest absolute Gasteiger partial charge is 0.246 e. The van der Waals surface area contributed by atoms with Crippen LogP contribution in [0.4, 0.5) is 10.1 Å². The maximum Gasteiger partial charge on any atom is 0.246 e. The standard InChI is InChI=1S/C8H6ClFN2O/c9-5-2-3(10)1-4-6(11)8(13)12-7(4)5/h1-2,6H,11H2,(H,12,13). The maximum absolute atomic E-state index is 12.8. The fourth-order valence-corrected chi connectivity index (χ4v) is 1.57. The highest BCUT2D eigenvalue weighted by Crippen LogP contribution is 2.35. The summed E-state index contributed by atoms with van der Waals surface area (Å²) in [5.74, 6) is -0.849. The van der Waals surface area contributed by atoms with Crippen molar-refractivity contribution in [3.63, 3.8) is 0 Å². The second-order valence-electron chi connectivity index (χ2n) is 2.82. The summed E-state index contributed by atoms with van der Waals surface area (Å²) in [4.78, 5) is 11.1. The normalized spacial score (nSPS) is 19.9. The third kappa shape index (κ3) is 1.18. The monoisotopic (exact) mass is 200 g/mol. The molecule has 13 heavy (non-hydrogen) atoms. The average molecular weight is 201 g/mol. The van der Waals surface area contributed by atoms with Crippen molar-refractivity contribution >= 4 is 23.2 Å². The van der Waals surface area contributed by atoms with Gasteiger partial charge in [0.2, 0.25) is 5.91 Å². The zero-order valence-corrected chi connectivity index (χ0v) is 7.23. The van der Waals surface area contributed by atoms with Crippen molar-refractivity contribution in [1.82, 2.24) is 0 Å². The van der Waals surface area contributed by atoms with Gasteiger partial charge >= 0.3 is 0 Å². The van der Waals surface area contributed by atoms with E-state index in [4.69, 9.17) is 17.3 Å². The first-order valence-electron chi connectivity index (χ1n) is 3.65. The van der Waals surface area contributed by atoms with Crippen molar-refractivity contribution in [2.75, 3.05) is 5.32 Å². The first kappa shape index (κ1) is 8.47. The molecule has 0 fully saturated rings. The lowest BCUT2D eigenvalue weighted by atomic mass is 10.1. The average Bonchev–Trinajstić information content (AvgIpc) is 2.32. The van der Waals surface area contributed by atoms with Gasteiger partial charge in [-0.15, -0.1) is 0 Å². The van der Waals surface area contributed by atoms with E-state index in [9.17, 15) is 9.18 Å². The third-order valence-corrected chi connectivity index (χ3v) is 2.25. The minimum Gasteiger partial charge on any atom is -0.323 e. The van der Waals surface area contributed by atoms with Crippen LogP contribution in [-0.2, 0) is 4.79 Å². The van der Waals surface area contributed by atoms with E-state index in [1.165, 1.54) is 6.07 Å². The number of rotatable bonds is 0. The number of benzene rings is 1. The van der Waals surface area contributed by atoms with Gasteiger partial charge in [0.15, 0.2) is 0 Å². The number of hydrogen-bond donors (Lipinski definition) is 2. The molecule has 0 saturated carbocycles. The van der Waals surface area contributed by atoms with Crippen LogP contribution in [0, 0.1) is 5.82 Å². The molecule has 1 aromatic carbocycles. The van der Waals surface area contributed by atoms with E-state index in [0.717, 1.165) is 6.07 Å². The fourth-order valence-electron chi connectivity index (χ4n) is 1.31. The molecule has 0 spiro atoms. The molecule has 0 bridgehead atoms. The Kier molecular flexibility index (Phi) is 1.75. The van der Waals surface area contributed by atoms with E-state index in [2.05, 4.69) is 5.32 Å². The molecule has 1 atom stereocenters. The van der Waals surface area contributed by atoms with Gasteiger partial charge in [-0.2, -0.15) is 0 Å². The molecule has 1 aliphatic rings. The number of anilines is 1. The van der Waals surface area contributed by atoms with Gasteiger partial charge in [-0.1, -0.05) is 11.6 Å². The van der Waals surface area contributed by atoms with Gasteiger partial charge in [0, 0.05) is 5.56 Å². The molecule has 1 heterocycles. The molecule has 2 rings (SSSR count). The van der Waals surface area contributed by atoms with Gasteiger partial charge in [-0.05, 0) is 12.1 Å². The maximum atomic E-state index is 12.8. The first-order valence-corrected chi connectivity index (χ1v) is 4.03. The molecular weight excluding hydrogens is 195 g/mol. The minimum absolute atomic E-state index is 0.177. The second kappa shape index (κ2) is 2.68. The van der Waals surface area contributed by atoms with Gasteiger partial charge in [-0.3, -0.25) is 4.79 Å². The van der Waals surface area contributed by atoms with Crippen molar-refractivity contribution in [2.45, 2.75) is 6.04 Å². The van der Waals surface area contributed by atoms with Crippen LogP contribution in [0.3, 0.4) is 0 Å². The summed E-state index contributed by atoms with van der Waals surface area (Å²) in [6.07, 6.45) is 0. The van der Waals surface area contributed by atoms with Gasteiger partial charge in [0.25, 0.3) is 0 Å². The lowest BCUT2D eigenvalue weighted by Gasteiger charge is -2.02. The minimum atomic E-state index is -0.816. The van der Waals surface area contributed by atoms with E-state index in [1.807, 2.05) is 0 Å². The number of nitrogens with two attached hydrogens (primary N) is 1. The van der Waals surface area contributed by atoms with Gasteiger partial charge in [0.1, 0.15) is 11.9 Å². The Morgan fingerprint density at radius 3 is 2.92 bits per heavy atom. The number of carbonyl (C=O) groups excluding carboxylic acids is 1.